The zero-order valence-corrected chi connectivity index (χ0v) is 18.2. The summed E-state index contributed by atoms with van der Waals surface area (Å²) in [5, 5.41) is 4.76. The van der Waals surface area contributed by atoms with Crippen LogP contribution in [0.4, 0.5) is 0 Å². The number of fused-ring (bicyclic) bond motifs is 2. The average molecular weight is 407 g/mol. The van der Waals surface area contributed by atoms with E-state index < -0.39 is 0 Å². The van der Waals surface area contributed by atoms with Gasteiger partial charge in [0.25, 0.3) is 0 Å². The molecule has 0 radical (unpaired) electrons. The molecule has 0 heteroatoms. The molecule has 0 heterocycles. The Morgan fingerprint density at radius 1 is 0.406 bits per heavy atom. The van der Waals surface area contributed by atoms with E-state index in [0.717, 1.165) is 22.3 Å². The van der Waals surface area contributed by atoms with Gasteiger partial charge in [-0.2, -0.15) is 0 Å². The second kappa shape index (κ2) is 8.47. The fourth-order valence-corrected chi connectivity index (χ4v) is 3.96. The van der Waals surface area contributed by atoms with Gasteiger partial charge in [-0.1, -0.05) is 96.5 Å². The van der Waals surface area contributed by atoms with Crippen molar-refractivity contribution < 1.29 is 0 Å². The van der Waals surface area contributed by atoms with Crippen LogP contribution in [-0.4, -0.2) is 0 Å². The highest BCUT2D eigenvalue weighted by atomic mass is 14.1. The molecule has 5 aromatic carbocycles. The second-order valence-electron chi connectivity index (χ2n) is 8.04. The van der Waals surface area contributed by atoms with Crippen molar-refractivity contribution >= 4 is 21.5 Å². The van der Waals surface area contributed by atoms with Crippen LogP contribution in [-0.2, 0) is 0 Å². The lowest BCUT2D eigenvalue weighted by Gasteiger charge is -2.05. The minimum Gasteiger partial charge on any atom is -0.0616 e. The van der Waals surface area contributed by atoms with Gasteiger partial charge in [0.15, 0.2) is 0 Å². The van der Waals surface area contributed by atoms with Crippen LogP contribution in [0.3, 0.4) is 0 Å². The van der Waals surface area contributed by atoms with E-state index in [1.54, 1.807) is 0 Å². The van der Waals surface area contributed by atoms with Gasteiger partial charge in [0.2, 0.25) is 0 Å². The van der Waals surface area contributed by atoms with Crippen LogP contribution in [0.25, 0.3) is 21.5 Å². The summed E-state index contributed by atoms with van der Waals surface area (Å²) in [7, 11) is 0. The van der Waals surface area contributed by atoms with E-state index in [1.165, 1.54) is 32.7 Å². The Bertz CT molecular complexity index is 1460. The summed E-state index contributed by atoms with van der Waals surface area (Å²) in [6.45, 7) is 4.25. The molecule has 0 atom stereocenters. The summed E-state index contributed by atoms with van der Waals surface area (Å²) in [6, 6.07) is 33.6. The van der Waals surface area contributed by atoms with Crippen LogP contribution in [0.1, 0.15) is 33.4 Å². The average Bonchev–Trinajstić information content (AvgIpc) is 2.83. The Labute approximate surface area is 189 Å². The molecule has 0 saturated heterocycles. The number of rotatable bonds is 0. The maximum atomic E-state index is 3.41. The molecule has 0 aliphatic heterocycles. The van der Waals surface area contributed by atoms with Crippen LogP contribution in [0, 0.1) is 37.5 Å². The molecule has 0 aliphatic carbocycles. The predicted octanol–water partition coefficient (Wildman–Crippen LogP) is 7.41. The predicted molar refractivity (Wildman–Crippen MR) is 136 cm³/mol. The lowest BCUT2D eigenvalue weighted by molar-refractivity contribution is 1.32. The first kappa shape index (κ1) is 19.7. The fraction of sp³-hybridized carbons (Fsp3) is 0.0625. The molecule has 150 valence electrons. The molecule has 32 heavy (non-hydrogen) atoms. The first-order chi connectivity index (χ1) is 15.7. The molecule has 0 nitrogen and oxygen atoms in total. The van der Waals surface area contributed by atoms with Gasteiger partial charge < -0.3 is 0 Å². The summed E-state index contributed by atoms with van der Waals surface area (Å²) in [6.07, 6.45) is 0. The minimum atomic E-state index is 0.966. The first-order valence-corrected chi connectivity index (χ1v) is 10.8. The molecule has 0 bridgehead atoms. The number of hydrogen-bond donors (Lipinski definition) is 0. The standard InChI is InChI=1S/C32H22/c1-23-21-29(19-17-27-13-7-11-25-9-3-5-15-31(25)27)30(22-24(23)2)20-18-28-14-8-12-26-10-4-6-16-32(26)28/h3-16,21-22H,1-2H3. The molecule has 0 unspecified atom stereocenters. The molecule has 0 aromatic heterocycles. The summed E-state index contributed by atoms with van der Waals surface area (Å²) in [5.74, 6) is 13.6. The summed E-state index contributed by atoms with van der Waals surface area (Å²) in [5.41, 5.74) is 6.46. The SMILES string of the molecule is Cc1cc(C#Cc2cccc3ccccc23)c(C#Cc2cccc3ccccc23)cc1C. The number of benzene rings is 5. The van der Waals surface area contributed by atoms with Crippen molar-refractivity contribution in [2.45, 2.75) is 13.8 Å². The highest BCUT2D eigenvalue weighted by molar-refractivity contribution is 5.89. The first-order valence-electron chi connectivity index (χ1n) is 10.8. The Morgan fingerprint density at radius 3 is 1.25 bits per heavy atom. The molecule has 0 N–H and O–H groups in total. The topological polar surface area (TPSA) is 0 Å². The maximum absolute atomic E-state index is 3.41. The van der Waals surface area contributed by atoms with Gasteiger partial charge in [0.05, 0.1) is 0 Å². The van der Waals surface area contributed by atoms with E-state index in [-0.39, 0.29) is 0 Å². The molecule has 0 spiro atoms. The van der Waals surface area contributed by atoms with Crippen LogP contribution >= 0.6 is 0 Å². The molecule has 5 aromatic rings. The second-order valence-corrected chi connectivity index (χ2v) is 8.04. The molecule has 5 rings (SSSR count). The van der Waals surface area contributed by atoms with Crippen molar-refractivity contribution in [2.75, 3.05) is 0 Å². The van der Waals surface area contributed by atoms with E-state index in [0.29, 0.717) is 0 Å². The van der Waals surface area contributed by atoms with Crippen LogP contribution in [0.5, 0.6) is 0 Å². The van der Waals surface area contributed by atoms with Gasteiger partial charge in [0.1, 0.15) is 0 Å². The third-order valence-electron chi connectivity index (χ3n) is 5.88. The molecule has 0 aliphatic rings. The Kier molecular flexibility index (Phi) is 5.21. The van der Waals surface area contributed by atoms with Gasteiger partial charge in [-0.3, -0.25) is 0 Å². The molecule has 0 fully saturated rings. The van der Waals surface area contributed by atoms with Crippen molar-refractivity contribution in [3.8, 4) is 23.7 Å². The minimum absolute atomic E-state index is 0.966. The van der Waals surface area contributed by atoms with E-state index in [4.69, 9.17) is 0 Å². The van der Waals surface area contributed by atoms with Crippen molar-refractivity contribution in [3.05, 3.63) is 130 Å². The van der Waals surface area contributed by atoms with E-state index in [2.05, 4.69) is 135 Å². The highest BCUT2D eigenvalue weighted by Gasteiger charge is 2.03. The highest BCUT2D eigenvalue weighted by Crippen LogP contribution is 2.20. The van der Waals surface area contributed by atoms with Gasteiger partial charge in [-0.15, -0.1) is 0 Å². The molecule has 0 amide bonds. The van der Waals surface area contributed by atoms with Crippen LogP contribution < -0.4 is 0 Å². The number of hydrogen-bond acceptors (Lipinski definition) is 0. The smallest absolute Gasteiger partial charge is 0.0408 e. The zero-order valence-electron chi connectivity index (χ0n) is 18.2. The lowest BCUT2D eigenvalue weighted by atomic mass is 9.98. The van der Waals surface area contributed by atoms with Gasteiger partial charge in [0, 0.05) is 22.3 Å². The fourth-order valence-electron chi connectivity index (χ4n) is 3.96. The Morgan fingerprint density at radius 2 is 0.781 bits per heavy atom. The van der Waals surface area contributed by atoms with Crippen molar-refractivity contribution in [3.63, 3.8) is 0 Å². The third-order valence-corrected chi connectivity index (χ3v) is 5.88. The third kappa shape index (κ3) is 3.88. The molecular formula is C32H22. The van der Waals surface area contributed by atoms with Crippen LogP contribution in [0.15, 0.2) is 97.1 Å². The van der Waals surface area contributed by atoms with Gasteiger partial charge in [-0.25, -0.2) is 0 Å². The van der Waals surface area contributed by atoms with Crippen molar-refractivity contribution in [1.29, 1.82) is 0 Å². The van der Waals surface area contributed by atoms with Crippen molar-refractivity contribution in [1.82, 2.24) is 0 Å². The zero-order chi connectivity index (χ0) is 21.9. The molecular weight excluding hydrogens is 384 g/mol. The normalized spacial score (nSPS) is 10.3. The molecule has 0 saturated carbocycles. The van der Waals surface area contributed by atoms with Gasteiger partial charge >= 0.3 is 0 Å². The number of aryl methyl sites for hydroxylation is 2. The summed E-state index contributed by atoms with van der Waals surface area (Å²) >= 11 is 0. The monoisotopic (exact) mass is 406 g/mol. The van der Waals surface area contributed by atoms with E-state index in [1.807, 2.05) is 0 Å². The van der Waals surface area contributed by atoms with Gasteiger partial charge in [-0.05, 0) is 70.8 Å². The summed E-state index contributed by atoms with van der Waals surface area (Å²) < 4.78 is 0. The van der Waals surface area contributed by atoms with E-state index in [9.17, 15) is 0 Å². The maximum Gasteiger partial charge on any atom is 0.0408 e. The van der Waals surface area contributed by atoms with Crippen molar-refractivity contribution in [2.24, 2.45) is 0 Å². The lowest BCUT2D eigenvalue weighted by Crippen LogP contribution is -1.90. The quantitative estimate of drug-likeness (QED) is 0.235. The van der Waals surface area contributed by atoms with E-state index >= 15 is 0 Å². The van der Waals surface area contributed by atoms with Crippen LogP contribution in [0.2, 0.25) is 0 Å². The largest absolute Gasteiger partial charge is 0.0616 e. The summed E-state index contributed by atoms with van der Waals surface area (Å²) in [4.78, 5) is 0. The Hall–Kier alpha value is -4.26. The Balaban J connectivity index is 1.61.